The summed E-state index contributed by atoms with van der Waals surface area (Å²) in [6, 6.07) is 0. The zero-order valence-corrected chi connectivity index (χ0v) is 12.2. The molecule has 20 heavy (non-hydrogen) atoms. The van der Waals surface area contributed by atoms with Gasteiger partial charge in [0.1, 0.15) is 0 Å². The Balaban J connectivity index is 3.01. The van der Waals surface area contributed by atoms with Gasteiger partial charge in [-0.2, -0.15) is 0 Å². The summed E-state index contributed by atoms with van der Waals surface area (Å²) in [5.41, 5.74) is 0. The first-order valence-electron chi connectivity index (χ1n) is 6.39. The van der Waals surface area contributed by atoms with Crippen molar-refractivity contribution in [2.45, 2.75) is 65.1 Å². The molecule has 0 amide bonds. The van der Waals surface area contributed by atoms with E-state index in [2.05, 4.69) is 0 Å². The van der Waals surface area contributed by atoms with Crippen molar-refractivity contribution >= 4 is 17.9 Å². The normalized spacial score (nSPS) is 33.1. The molecule has 2 unspecified atom stereocenters. The molecule has 0 saturated carbocycles. The fourth-order valence-electron chi connectivity index (χ4n) is 2.25. The second kappa shape index (κ2) is 6.69. The van der Waals surface area contributed by atoms with E-state index in [-0.39, 0.29) is 0 Å². The zero-order chi connectivity index (χ0) is 15.4. The molecule has 1 saturated heterocycles. The van der Waals surface area contributed by atoms with Gasteiger partial charge in [-0.05, 0) is 13.8 Å². The van der Waals surface area contributed by atoms with Gasteiger partial charge in [-0.25, -0.2) is 0 Å². The van der Waals surface area contributed by atoms with Crippen LogP contribution >= 0.6 is 0 Å². The highest BCUT2D eigenvalue weighted by Crippen LogP contribution is 2.28. The van der Waals surface area contributed by atoms with E-state index in [1.165, 1.54) is 20.8 Å². The fourth-order valence-corrected chi connectivity index (χ4v) is 2.25. The molecular formula is C13H20O7. The van der Waals surface area contributed by atoms with E-state index < -0.39 is 48.4 Å². The predicted molar refractivity (Wildman–Crippen MR) is 66.7 cm³/mol. The maximum absolute atomic E-state index is 11.2. The smallest absolute Gasteiger partial charge is 0.303 e. The molecule has 0 aromatic carbocycles. The SMILES string of the molecule is CC(=O)OC1[C@H](C)OC(C)[C@@H](OC(C)=O)[C@@H]1OC(C)=O. The van der Waals surface area contributed by atoms with E-state index in [0.29, 0.717) is 0 Å². The van der Waals surface area contributed by atoms with Crippen molar-refractivity contribution in [1.29, 1.82) is 0 Å². The first kappa shape index (κ1) is 16.4. The summed E-state index contributed by atoms with van der Waals surface area (Å²) in [4.78, 5) is 33.6. The Morgan fingerprint density at radius 3 is 1.30 bits per heavy atom. The van der Waals surface area contributed by atoms with Crippen LogP contribution < -0.4 is 0 Å². The Bertz CT molecular complexity index is 364. The van der Waals surface area contributed by atoms with Crippen LogP contribution in [0.2, 0.25) is 0 Å². The summed E-state index contributed by atoms with van der Waals surface area (Å²) in [7, 11) is 0. The molecule has 0 spiro atoms. The highest BCUT2D eigenvalue weighted by Gasteiger charge is 2.48. The molecule has 5 atom stereocenters. The van der Waals surface area contributed by atoms with Crippen LogP contribution in [-0.4, -0.2) is 48.4 Å². The quantitative estimate of drug-likeness (QED) is 0.554. The standard InChI is InChI=1S/C13H20O7/c1-6-11(18-8(3)14)13(20-10(5)16)12(7(2)17-6)19-9(4)15/h6-7,11-13H,1-5H3/t6-,7?,11?,12+,13+/m0/s1. The second-order valence-corrected chi connectivity index (χ2v) is 4.77. The van der Waals surface area contributed by atoms with E-state index in [1.54, 1.807) is 13.8 Å². The van der Waals surface area contributed by atoms with Gasteiger partial charge in [0.05, 0.1) is 12.2 Å². The summed E-state index contributed by atoms with van der Waals surface area (Å²) >= 11 is 0. The third kappa shape index (κ3) is 4.19. The molecule has 1 heterocycles. The van der Waals surface area contributed by atoms with Crippen LogP contribution in [0.25, 0.3) is 0 Å². The minimum absolute atomic E-state index is 0.481. The molecular weight excluding hydrogens is 268 g/mol. The lowest BCUT2D eigenvalue weighted by molar-refractivity contribution is -0.240. The van der Waals surface area contributed by atoms with Crippen molar-refractivity contribution in [2.24, 2.45) is 0 Å². The molecule has 0 aliphatic carbocycles. The van der Waals surface area contributed by atoms with E-state index >= 15 is 0 Å². The van der Waals surface area contributed by atoms with Crippen molar-refractivity contribution < 1.29 is 33.3 Å². The Morgan fingerprint density at radius 1 is 0.700 bits per heavy atom. The van der Waals surface area contributed by atoms with E-state index in [4.69, 9.17) is 18.9 Å². The zero-order valence-electron chi connectivity index (χ0n) is 12.2. The first-order chi connectivity index (χ1) is 9.22. The summed E-state index contributed by atoms with van der Waals surface area (Å²) in [5, 5.41) is 0. The first-order valence-corrected chi connectivity index (χ1v) is 6.39. The predicted octanol–water partition coefficient (Wildman–Crippen LogP) is 0.589. The van der Waals surface area contributed by atoms with Crippen molar-refractivity contribution in [1.82, 2.24) is 0 Å². The lowest BCUT2D eigenvalue weighted by Gasteiger charge is -2.42. The highest BCUT2D eigenvalue weighted by molar-refractivity contribution is 5.68. The van der Waals surface area contributed by atoms with Gasteiger partial charge < -0.3 is 18.9 Å². The minimum atomic E-state index is -0.890. The van der Waals surface area contributed by atoms with Crippen LogP contribution in [0, 0.1) is 0 Å². The summed E-state index contributed by atoms with van der Waals surface area (Å²) in [5.74, 6) is -1.61. The molecule has 0 aromatic rings. The van der Waals surface area contributed by atoms with Gasteiger partial charge in [0.25, 0.3) is 0 Å². The molecule has 7 heteroatoms. The Labute approximate surface area is 117 Å². The Morgan fingerprint density at radius 2 is 1.00 bits per heavy atom. The van der Waals surface area contributed by atoms with E-state index in [0.717, 1.165) is 0 Å². The topological polar surface area (TPSA) is 88.1 Å². The van der Waals surface area contributed by atoms with Gasteiger partial charge in [0.2, 0.25) is 0 Å². The number of ether oxygens (including phenoxy) is 4. The largest absolute Gasteiger partial charge is 0.456 e. The van der Waals surface area contributed by atoms with Crippen molar-refractivity contribution in [3.8, 4) is 0 Å². The lowest BCUT2D eigenvalue weighted by atomic mass is 9.95. The van der Waals surface area contributed by atoms with Crippen LogP contribution in [0.3, 0.4) is 0 Å². The molecule has 7 nitrogen and oxygen atoms in total. The number of carbonyl (C=O) groups is 3. The molecule has 1 aliphatic rings. The molecule has 0 aromatic heterocycles. The van der Waals surface area contributed by atoms with E-state index in [9.17, 15) is 14.4 Å². The van der Waals surface area contributed by atoms with Gasteiger partial charge >= 0.3 is 17.9 Å². The van der Waals surface area contributed by atoms with Gasteiger partial charge in [-0.1, -0.05) is 0 Å². The molecule has 0 radical (unpaired) electrons. The van der Waals surface area contributed by atoms with Crippen molar-refractivity contribution in [3.05, 3.63) is 0 Å². The van der Waals surface area contributed by atoms with Gasteiger partial charge in [0, 0.05) is 20.8 Å². The summed E-state index contributed by atoms with van der Waals surface area (Å²) in [6.45, 7) is 7.13. The molecule has 0 bridgehead atoms. The van der Waals surface area contributed by atoms with Gasteiger partial charge in [-0.3, -0.25) is 14.4 Å². The van der Waals surface area contributed by atoms with Crippen LogP contribution in [-0.2, 0) is 33.3 Å². The average Bonchev–Trinajstić information content (AvgIpc) is 2.27. The van der Waals surface area contributed by atoms with Crippen molar-refractivity contribution in [2.75, 3.05) is 0 Å². The molecule has 1 rings (SSSR count). The molecule has 1 fully saturated rings. The highest BCUT2D eigenvalue weighted by atomic mass is 16.6. The molecule has 114 valence electrons. The van der Waals surface area contributed by atoms with Crippen LogP contribution in [0.5, 0.6) is 0 Å². The van der Waals surface area contributed by atoms with Crippen LogP contribution in [0.15, 0.2) is 0 Å². The number of hydrogen-bond donors (Lipinski definition) is 0. The number of hydrogen-bond acceptors (Lipinski definition) is 7. The van der Waals surface area contributed by atoms with Gasteiger partial charge in [-0.15, -0.1) is 0 Å². The van der Waals surface area contributed by atoms with Gasteiger partial charge in [0.15, 0.2) is 18.3 Å². The average molecular weight is 288 g/mol. The molecule has 0 N–H and O–H groups in total. The van der Waals surface area contributed by atoms with Crippen LogP contribution in [0.4, 0.5) is 0 Å². The maximum Gasteiger partial charge on any atom is 0.303 e. The summed E-state index contributed by atoms with van der Waals surface area (Å²) in [6.07, 6.45) is -3.50. The molecule has 1 aliphatic heterocycles. The second-order valence-electron chi connectivity index (χ2n) is 4.77. The third-order valence-electron chi connectivity index (χ3n) is 2.91. The Kier molecular flexibility index (Phi) is 5.50. The lowest BCUT2D eigenvalue weighted by Crippen LogP contribution is -2.59. The fraction of sp³-hybridized carbons (Fsp3) is 0.769. The number of esters is 3. The monoisotopic (exact) mass is 288 g/mol. The van der Waals surface area contributed by atoms with Crippen LogP contribution in [0.1, 0.15) is 34.6 Å². The third-order valence-corrected chi connectivity index (χ3v) is 2.91. The number of carbonyl (C=O) groups excluding carboxylic acids is 3. The van der Waals surface area contributed by atoms with Crippen molar-refractivity contribution in [3.63, 3.8) is 0 Å². The minimum Gasteiger partial charge on any atom is -0.456 e. The maximum atomic E-state index is 11.2. The Hall–Kier alpha value is -1.63. The number of rotatable bonds is 3. The summed E-state index contributed by atoms with van der Waals surface area (Å²) < 4.78 is 21.1. The van der Waals surface area contributed by atoms with E-state index in [1.807, 2.05) is 0 Å².